The summed E-state index contributed by atoms with van der Waals surface area (Å²) >= 11 is 1.80. The van der Waals surface area contributed by atoms with E-state index in [1.165, 1.54) is 24.3 Å². The molecule has 4 rings (SSSR count). The molecular formula is C21H14FN3O4S2. The van der Waals surface area contributed by atoms with Crippen LogP contribution >= 0.6 is 22.7 Å². The second kappa shape index (κ2) is 8.62. The molecule has 4 aromatic rings. The zero-order chi connectivity index (χ0) is 22.0. The molecular weight excluding hydrogens is 441 g/mol. The number of carbonyl (C=O) groups is 1. The van der Waals surface area contributed by atoms with Crippen molar-refractivity contribution in [3.8, 4) is 22.1 Å². The third-order valence-electron chi connectivity index (χ3n) is 4.18. The van der Waals surface area contributed by atoms with Gasteiger partial charge in [-0.1, -0.05) is 64.6 Å². The van der Waals surface area contributed by atoms with Crippen LogP contribution in [0.1, 0.15) is 15.2 Å². The summed E-state index contributed by atoms with van der Waals surface area (Å²) in [5.74, 6) is -1.02. The van der Waals surface area contributed by atoms with E-state index in [1.807, 2.05) is 31.2 Å². The molecule has 0 aliphatic rings. The lowest BCUT2D eigenvalue weighted by Crippen LogP contribution is -2.09. The third kappa shape index (κ3) is 4.60. The van der Waals surface area contributed by atoms with E-state index in [-0.39, 0.29) is 20.8 Å². The maximum absolute atomic E-state index is 14.1. The molecule has 2 aromatic heterocycles. The summed E-state index contributed by atoms with van der Waals surface area (Å²) < 4.78 is 19.9. The van der Waals surface area contributed by atoms with Gasteiger partial charge in [-0.2, -0.15) is 0 Å². The molecule has 1 amide bonds. The van der Waals surface area contributed by atoms with Crippen LogP contribution in [0.5, 0.6) is 10.8 Å². The largest absolute Gasteiger partial charge is 0.441 e. The average Bonchev–Trinajstić information content (AvgIpc) is 3.38. The summed E-state index contributed by atoms with van der Waals surface area (Å²) in [7, 11) is 0. The monoisotopic (exact) mass is 455 g/mol. The highest BCUT2D eigenvalue weighted by Crippen LogP contribution is 2.41. The summed E-state index contributed by atoms with van der Waals surface area (Å²) in [6.45, 7) is 1.95. The number of aryl methyl sites for hydroxylation is 1. The first kappa shape index (κ1) is 20.6. The maximum atomic E-state index is 14.1. The zero-order valence-corrected chi connectivity index (χ0v) is 17.6. The van der Waals surface area contributed by atoms with Crippen LogP contribution in [0.25, 0.3) is 11.3 Å². The molecule has 7 nitrogen and oxygen atoms in total. The van der Waals surface area contributed by atoms with E-state index in [0.717, 1.165) is 33.8 Å². The fourth-order valence-corrected chi connectivity index (χ4v) is 4.22. The molecule has 31 heavy (non-hydrogen) atoms. The van der Waals surface area contributed by atoms with E-state index in [2.05, 4.69) is 10.3 Å². The number of ether oxygens (including phenoxy) is 1. The number of nitrogens with zero attached hydrogens (tertiary/aromatic N) is 2. The van der Waals surface area contributed by atoms with Crippen molar-refractivity contribution in [1.29, 1.82) is 0 Å². The van der Waals surface area contributed by atoms with E-state index < -0.39 is 16.6 Å². The van der Waals surface area contributed by atoms with Gasteiger partial charge in [-0.05, 0) is 25.1 Å². The first-order chi connectivity index (χ1) is 14.9. The van der Waals surface area contributed by atoms with E-state index in [9.17, 15) is 19.3 Å². The number of amides is 1. The fraction of sp³-hybridized carbons (Fsp3) is 0.0476. The number of thiophene rings is 1. The molecule has 0 saturated carbocycles. The Morgan fingerprint density at radius 2 is 1.84 bits per heavy atom. The van der Waals surface area contributed by atoms with Gasteiger partial charge in [-0.3, -0.25) is 20.2 Å². The highest BCUT2D eigenvalue weighted by molar-refractivity contribution is 7.19. The SMILES string of the molecule is Cc1ccc(-c2nc(NC(=O)c3ccc([N+](=O)[O-])s3)sc2Oc2ccccc2F)cc1. The Morgan fingerprint density at radius 1 is 1.10 bits per heavy atom. The van der Waals surface area contributed by atoms with Gasteiger partial charge in [-0.25, -0.2) is 9.37 Å². The first-order valence-corrected chi connectivity index (χ1v) is 10.6. The standard InChI is InChI=1S/C21H14FN3O4S2/c1-12-6-8-13(9-7-12)18-20(29-15-5-3-2-4-14(15)22)31-21(23-18)24-19(26)16-10-11-17(30-16)25(27)28/h2-11H,1H3,(H,23,24,26). The fourth-order valence-electron chi connectivity index (χ4n) is 2.66. The van der Waals surface area contributed by atoms with Crippen LogP contribution in [-0.2, 0) is 0 Å². The normalized spacial score (nSPS) is 10.6. The summed E-state index contributed by atoms with van der Waals surface area (Å²) in [5, 5.41) is 13.9. The topological polar surface area (TPSA) is 94.4 Å². The summed E-state index contributed by atoms with van der Waals surface area (Å²) in [5.41, 5.74) is 2.24. The lowest BCUT2D eigenvalue weighted by molar-refractivity contribution is -0.380. The molecule has 0 radical (unpaired) electrons. The van der Waals surface area contributed by atoms with E-state index >= 15 is 0 Å². The van der Waals surface area contributed by atoms with Crippen molar-refractivity contribution in [3.63, 3.8) is 0 Å². The molecule has 2 aromatic carbocycles. The lowest BCUT2D eigenvalue weighted by Gasteiger charge is -2.06. The highest BCUT2D eigenvalue weighted by atomic mass is 32.1. The molecule has 0 spiro atoms. The number of rotatable bonds is 6. The summed E-state index contributed by atoms with van der Waals surface area (Å²) in [6.07, 6.45) is 0. The minimum absolute atomic E-state index is 0.0336. The number of nitrogens with one attached hydrogen (secondary N) is 1. The van der Waals surface area contributed by atoms with Crippen LogP contribution in [0, 0.1) is 22.9 Å². The van der Waals surface area contributed by atoms with Gasteiger partial charge >= 0.3 is 5.00 Å². The van der Waals surface area contributed by atoms with E-state index in [0.29, 0.717) is 10.8 Å². The second-order valence-corrected chi connectivity index (χ2v) is 8.43. The van der Waals surface area contributed by atoms with Crippen molar-refractivity contribution in [2.24, 2.45) is 0 Å². The van der Waals surface area contributed by atoms with Crippen LogP contribution in [0.15, 0.2) is 60.7 Å². The Morgan fingerprint density at radius 3 is 2.52 bits per heavy atom. The van der Waals surface area contributed by atoms with Crippen LogP contribution in [0.2, 0.25) is 0 Å². The number of carbonyl (C=O) groups excluding carboxylic acids is 1. The molecule has 0 fully saturated rings. The molecule has 0 atom stereocenters. The van der Waals surface area contributed by atoms with Crippen molar-refractivity contribution in [3.05, 3.63) is 87.0 Å². The molecule has 2 heterocycles. The van der Waals surface area contributed by atoms with Gasteiger partial charge in [0.15, 0.2) is 16.7 Å². The van der Waals surface area contributed by atoms with Gasteiger partial charge < -0.3 is 4.74 Å². The highest BCUT2D eigenvalue weighted by Gasteiger charge is 2.20. The number of thiazole rings is 1. The Hall–Kier alpha value is -3.63. The van der Waals surface area contributed by atoms with Crippen molar-refractivity contribution < 1.29 is 18.8 Å². The van der Waals surface area contributed by atoms with Gasteiger partial charge in [-0.15, -0.1) is 0 Å². The number of hydrogen-bond donors (Lipinski definition) is 1. The van der Waals surface area contributed by atoms with Gasteiger partial charge in [0, 0.05) is 11.6 Å². The van der Waals surface area contributed by atoms with Crippen molar-refractivity contribution in [2.45, 2.75) is 6.92 Å². The Balaban J connectivity index is 1.66. The van der Waals surface area contributed by atoms with E-state index in [4.69, 9.17) is 4.74 Å². The van der Waals surface area contributed by atoms with Crippen LogP contribution < -0.4 is 10.1 Å². The van der Waals surface area contributed by atoms with Gasteiger partial charge in [0.2, 0.25) is 5.06 Å². The maximum Gasteiger partial charge on any atom is 0.324 e. The second-order valence-electron chi connectivity index (χ2n) is 6.40. The number of para-hydroxylation sites is 1. The number of benzene rings is 2. The quantitative estimate of drug-likeness (QED) is 0.273. The number of halogens is 1. The molecule has 0 saturated heterocycles. The minimum atomic E-state index is -0.555. The number of hydrogen-bond acceptors (Lipinski definition) is 7. The van der Waals surface area contributed by atoms with Crippen LogP contribution in [-0.4, -0.2) is 15.8 Å². The van der Waals surface area contributed by atoms with Crippen molar-refractivity contribution in [2.75, 3.05) is 5.32 Å². The van der Waals surface area contributed by atoms with Gasteiger partial charge in [0.05, 0.1) is 9.80 Å². The van der Waals surface area contributed by atoms with Crippen molar-refractivity contribution >= 4 is 38.7 Å². The predicted octanol–water partition coefficient (Wildman–Crippen LogP) is 6.27. The lowest BCUT2D eigenvalue weighted by atomic mass is 10.1. The van der Waals surface area contributed by atoms with Crippen molar-refractivity contribution in [1.82, 2.24) is 4.98 Å². The summed E-state index contributed by atoms with van der Waals surface area (Å²) in [6, 6.07) is 16.2. The minimum Gasteiger partial charge on any atom is -0.441 e. The zero-order valence-electron chi connectivity index (χ0n) is 16.0. The predicted molar refractivity (Wildman–Crippen MR) is 118 cm³/mol. The molecule has 0 aliphatic heterocycles. The van der Waals surface area contributed by atoms with Gasteiger partial charge in [0.25, 0.3) is 5.91 Å². The van der Waals surface area contributed by atoms with Crippen LogP contribution in [0.4, 0.5) is 14.5 Å². The number of aromatic nitrogens is 1. The molecule has 0 bridgehead atoms. The molecule has 156 valence electrons. The first-order valence-electron chi connectivity index (χ1n) is 8.96. The number of nitro groups is 1. The Bertz CT molecular complexity index is 1270. The molecule has 10 heteroatoms. The number of anilines is 1. The summed E-state index contributed by atoms with van der Waals surface area (Å²) in [4.78, 5) is 27.4. The Labute approximate surface area is 183 Å². The Kier molecular flexibility index (Phi) is 5.74. The average molecular weight is 455 g/mol. The smallest absolute Gasteiger partial charge is 0.324 e. The molecule has 0 aliphatic carbocycles. The molecule has 1 N–H and O–H groups in total. The van der Waals surface area contributed by atoms with E-state index in [1.54, 1.807) is 12.1 Å². The van der Waals surface area contributed by atoms with Gasteiger partial charge in [0.1, 0.15) is 5.69 Å². The van der Waals surface area contributed by atoms with Crippen LogP contribution in [0.3, 0.4) is 0 Å². The third-order valence-corrected chi connectivity index (χ3v) is 6.06. The molecule has 0 unspecified atom stereocenters.